The maximum Gasteiger partial charge on any atom is 0.342 e. The largest absolute Gasteiger partial charge is 0.493 e. The molecule has 0 saturated heterocycles. The Morgan fingerprint density at radius 3 is 2.55 bits per heavy atom. The van der Waals surface area contributed by atoms with Crippen LogP contribution < -0.4 is 14.8 Å². The summed E-state index contributed by atoms with van der Waals surface area (Å²) in [4.78, 5) is 37.9. The summed E-state index contributed by atoms with van der Waals surface area (Å²) in [5, 5.41) is 3.08. The van der Waals surface area contributed by atoms with Crippen molar-refractivity contribution in [3.8, 4) is 11.5 Å². The van der Waals surface area contributed by atoms with Gasteiger partial charge in [0.05, 0.1) is 26.9 Å². The van der Waals surface area contributed by atoms with E-state index in [1.54, 1.807) is 12.1 Å². The van der Waals surface area contributed by atoms with E-state index in [1.165, 1.54) is 38.7 Å². The van der Waals surface area contributed by atoms with Crippen LogP contribution in [0.1, 0.15) is 37.6 Å². The Kier molecular flexibility index (Phi) is 6.38. The first-order chi connectivity index (χ1) is 14.0. The zero-order chi connectivity index (χ0) is 21.0. The summed E-state index contributed by atoms with van der Waals surface area (Å²) in [6.07, 6.45) is 2.61. The predicted octanol–water partition coefficient (Wildman–Crippen LogP) is 2.84. The second-order valence-electron chi connectivity index (χ2n) is 6.22. The minimum atomic E-state index is -0.724. The van der Waals surface area contributed by atoms with Gasteiger partial charge in [0.15, 0.2) is 18.1 Å². The fraction of sp³-hybridized carbons (Fsp3) is 0.350. The van der Waals surface area contributed by atoms with Crippen molar-refractivity contribution in [3.05, 3.63) is 39.8 Å². The maximum atomic E-state index is 12.4. The minimum absolute atomic E-state index is 0.144. The highest BCUT2D eigenvalue weighted by Crippen LogP contribution is 2.39. The second-order valence-corrected chi connectivity index (χ2v) is 7.32. The van der Waals surface area contributed by atoms with E-state index >= 15 is 0 Å². The lowest BCUT2D eigenvalue weighted by Gasteiger charge is -2.12. The van der Waals surface area contributed by atoms with Crippen LogP contribution in [0.3, 0.4) is 0 Å². The molecule has 0 fully saturated rings. The molecule has 0 bridgehead atoms. The average Bonchev–Trinajstić information content (AvgIpc) is 3.31. The molecule has 29 heavy (non-hydrogen) atoms. The molecule has 3 rings (SSSR count). The van der Waals surface area contributed by atoms with Crippen LogP contribution in [-0.4, -0.2) is 45.8 Å². The Bertz CT molecular complexity index is 951. The zero-order valence-electron chi connectivity index (χ0n) is 16.3. The number of carbonyl (C=O) groups excluding carboxylic acids is 3. The van der Waals surface area contributed by atoms with Crippen LogP contribution in [0.4, 0.5) is 5.00 Å². The van der Waals surface area contributed by atoms with Gasteiger partial charge in [-0.25, -0.2) is 9.59 Å². The van der Waals surface area contributed by atoms with E-state index in [1.807, 2.05) is 0 Å². The van der Waals surface area contributed by atoms with E-state index in [9.17, 15) is 14.4 Å². The lowest BCUT2D eigenvalue weighted by molar-refractivity contribution is -0.119. The van der Waals surface area contributed by atoms with E-state index in [0.29, 0.717) is 16.3 Å². The van der Waals surface area contributed by atoms with E-state index < -0.39 is 24.5 Å². The second kappa shape index (κ2) is 8.95. The number of thiophene rings is 1. The molecule has 0 atom stereocenters. The zero-order valence-corrected chi connectivity index (χ0v) is 17.1. The number of amides is 1. The number of methoxy groups -OCH3 is 3. The van der Waals surface area contributed by atoms with Crippen molar-refractivity contribution in [2.75, 3.05) is 33.3 Å². The Morgan fingerprint density at radius 2 is 1.86 bits per heavy atom. The fourth-order valence-corrected chi connectivity index (χ4v) is 4.52. The highest BCUT2D eigenvalue weighted by atomic mass is 32.1. The molecule has 9 heteroatoms. The van der Waals surface area contributed by atoms with Gasteiger partial charge in [0.25, 0.3) is 5.91 Å². The third-order valence-corrected chi connectivity index (χ3v) is 5.73. The SMILES string of the molecule is COC(=O)c1c(NC(=O)COC(=O)c2cccc(OC)c2OC)sc2c1CCC2. The van der Waals surface area contributed by atoms with Crippen LogP contribution in [0.2, 0.25) is 0 Å². The van der Waals surface area contributed by atoms with Crippen molar-refractivity contribution in [2.24, 2.45) is 0 Å². The van der Waals surface area contributed by atoms with Gasteiger partial charge < -0.3 is 24.3 Å². The molecule has 1 aromatic carbocycles. The molecule has 0 unspecified atom stereocenters. The fourth-order valence-electron chi connectivity index (χ4n) is 3.23. The Hall–Kier alpha value is -3.07. The van der Waals surface area contributed by atoms with E-state index in [4.69, 9.17) is 18.9 Å². The third-order valence-electron chi connectivity index (χ3n) is 4.52. The van der Waals surface area contributed by atoms with Gasteiger partial charge in [-0.3, -0.25) is 4.79 Å². The summed E-state index contributed by atoms with van der Waals surface area (Å²) in [5.74, 6) is -1.16. The summed E-state index contributed by atoms with van der Waals surface area (Å²) < 4.78 is 20.3. The Balaban J connectivity index is 1.69. The first-order valence-electron chi connectivity index (χ1n) is 8.91. The highest BCUT2D eigenvalue weighted by molar-refractivity contribution is 7.17. The topological polar surface area (TPSA) is 100 Å². The third kappa shape index (κ3) is 4.19. The van der Waals surface area contributed by atoms with Gasteiger partial charge in [-0.2, -0.15) is 0 Å². The van der Waals surface area contributed by atoms with Crippen molar-refractivity contribution in [1.29, 1.82) is 0 Å². The molecule has 1 aliphatic rings. The molecular weight excluding hydrogens is 398 g/mol. The highest BCUT2D eigenvalue weighted by Gasteiger charge is 2.28. The smallest absolute Gasteiger partial charge is 0.342 e. The molecule has 0 radical (unpaired) electrons. The van der Waals surface area contributed by atoms with Crippen molar-refractivity contribution in [3.63, 3.8) is 0 Å². The molecule has 0 aliphatic heterocycles. The van der Waals surface area contributed by atoms with Crippen LogP contribution >= 0.6 is 11.3 Å². The van der Waals surface area contributed by atoms with E-state index in [2.05, 4.69) is 5.32 Å². The Labute approximate surface area is 171 Å². The molecule has 1 heterocycles. The van der Waals surface area contributed by atoms with Crippen LogP contribution in [0.25, 0.3) is 0 Å². The number of rotatable bonds is 7. The number of nitrogens with one attached hydrogen (secondary N) is 1. The minimum Gasteiger partial charge on any atom is -0.493 e. The predicted molar refractivity (Wildman–Crippen MR) is 106 cm³/mol. The summed E-state index contributed by atoms with van der Waals surface area (Å²) >= 11 is 1.35. The number of anilines is 1. The first-order valence-corrected chi connectivity index (χ1v) is 9.72. The molecule has 1 amide bonds. The standard InChI is InChI=1S/C20H21NO7S/c1-25-13-8-4-7-12(17(13)26-2)19(23)28-10-15(22)21-18-16(20(24)27-3)11-6-5-9-14(11)29-18/h4,7-8H,5-6,9-10H2,1-3H3,(H,21,22). The number of carbonyl (C=O) groups is 3. The lowest BCUT2D eigenvalue weighted by Crippen LogP contribution is -2.22. The van der Waals surface area contributed by atoms with Crippen LogP contribution in [-0.2, 0) is 27.1 Å². The molecule has 1 aliphatic carbocycles. The lowest BCUT2D eigenvalue weighted by atomic mass is 10.1. The van der Waals surface area contributed by atoms with Crippen LogP contribution in [0.15, 0.2) is 18.2 Å². The molecule has 1 N–H and O–H groups in total. The van der Waals surface area contributed by atoms with Gasteiger partial charge in [0.2, 0.25) is 0 Å². The summed E-state index contributed by atoms with van der Waals surface area (Å²) in [6, 6.07) is 4.78. The van der Waals surface area contributed by atoms with Gasteiger partial charge in [-0.05, 0) is 37.0 Å². The molecule has 0 saturated carbocycles. The van der Waals surface area contributed by atoms with Crippen LogP contribution in [0, 0.1) is 0 Å². The van der Waals surface area contributed by atoms with Crippen molar-refractivity contribution in [1.82, 2.24) is 0 Å². The van der Waals surface area contributed by atoms with E-state index in [-0.39, 0.29) is 11.3 Å². The van der Waals surface area contributed by atoms with E-state index in [0.717, 1.165) is 29.7 Å². The van der Waals surface area contributed by atoms with Crippen molar-refractivity contribution < 1.29 is 33.3 Å². The number of ether oxygens (including phenoxy) is 4. The van der Waals surface area contributed by atoms with Crippen molar-refractivity contribution in [2.45, 2.75) is 19.3 Å². The van der Waals surface area contributed by atoms with Gasteiger partial charge in [-0.1, -0.05) is 6.07 Å². The Morgan fingerprint density at radius 1 is 1.07 bits per heavy atom. The van der Waals surface area contributed by atoms with Gasteiger partial charge in [-0.15, -0.1) is 11.3 Å². The summed E-state index contributed by atoms with van der Waals surface area (Å²) in [6.45, 7) is -0.512. The number of benzene rings is 1. The molecule has 1 aromatic heterocycles. The summed E-state index contributed by atoms with van der Waals surface area (Å²) in [7, 11) is 4.17. The quantitative estimate of drug-likeness (QED) is 0.689. The monoisotopic (exact) mass is 419 g/mol. The first kappa shape index (κ1) is 20.7. The maximum absolute atomic E-state index is 12.4. The average molecular weight is 419 g/mol. The normalized spacial score (nSPS) is 12.1. The van der Waals surface area contributed by atoms with Gasteiger partial charge in [0, 0.05) is 4.88 Å². The number of para-hydroxylation sites is 1. The number of hydrogen-bond donors (Lipinski definition) is 1. The van der Waals surface area contributed by atoms with Gasteiger partial charge in [0.1, 0.15) is 10.6 Å². The van der Waals surface area contributed by atoms with Gasteiger partial charge >= 0.3 is 11.9 Å². The number of aryl methyl sites for hydroxylation is 1. The number of fused-ring (bicyclic) bond motifs is 1. The molecular formula is C20H21NO7S. The molecule has 154 valence electrons. The molecule has 8 nitrogen and oxygen atoms in total. The molecule has 2 aromatic rings. The molecule has 0 spiro atoms. The number of hydrogen-bond acceptors (Lipinski definition) is 8. The number of esters is 2. The van der Waals surface area contributed by atoms with Crippen LogP contribution in [0.5, 0.6) is 11.5 Å². The summed E-state index contributed by atoms with van der Waals surface area (Å²) in [5.41, 5.74) is 1.46. The van der Waals surface area contributed by atoms with Crippen molar-refractivity contribution >= 4 is 34.2 Å².